The summed E-state index contributed by atoms with van der Waals surface area (Å²) in [5.41, 5.74) is 0. The third kappa shape index (κ3) is 7.59. The van der Waals surface area contributed by atoms with Crippen molar-refractivity contribution in [2.24, 2.45) is 5.92 Å². The van der Waals surface area contributed by atoms with Crippen LogP contribution in [0.5, 0.6) is 11.5 Å². The minimum absolute atomic E-state index is 0.00613. The number of hydrogen-bond donors (Lipinski definition) is 0. The number of carbonyl (C=O) groups is 2. The van der Waals surface area contributed by atoms with Gasteiger partial charge in [0, 0.05) is 34.7 Å². The highest BCUT2D eigenvalue weighted by atomic mass is 32.2. The Morgan fingerprint density at radius 3 is 2.85 bits per heavy atom. The summed E-state index contributed by atoms with van der Waals surface area (Å²) in [6.07, 6.45) is -0.0180. The number of nitrogens with zero attached hydrogens (tertiary/aromatic N) is 1. The van der Waals surface area contributed by atoms with Crippen LogP contribution in [0.4, 0.5) is 0 Å². The first kappa shape index (κ1) is 21.8. The highest BCUT2D eigenvalue weighted by Gasteiger charge is 2.23. The first-order valence-electron chi connectivity index (χ1n) is 8.89. The number of carboxylic acids is 1. The molecule has 152 valence electrons. The number of thioether (sulfide) groups is 1. The van der Waals surface area contributed by atoms with Crippen molar-refractivity contribution in [3.8, 4) is 11.5 Å². The molecule has 0 aliphatic carbocycles. The van der Waals surface area contributed by atoms with Gasteiger partial charge in [-0.15, -0.1) is 11.3 Å². The Hall–Kier alpha value is -1.45. The molecule has 0 amide bonds. The van der Waals surface area contributed by atoms with Gasteiger partial charge in [-0.05, 0) is 0 Å². The van der Waals surface area contributed by atoms with Gasteiger partial charge >= 0.3 is 5.97 Å². The average Bonchev–Trinajstić information content (AvgIpc) is 3.07. The van der Waals surface area contributed by atoms with Crippen LogP contribution >= 0.6 is 23.1 Å². The maximum absolute atomic E-state index is 12.1. The number of rotatable bonds is 11. The van der Waals surface area contributed by atoms with Gasteiger partial charge in [0.15, 0.2) is 11.5 Å². The van der Waals surface area contributed by atoms with Crippen molar-refractivity contribution >= 4 is 35.0 Å². The van der Waals surface area contributed by atoms with E-state index in [1.165, 1.54) is 0 Å². The fourth-order valence-electron chi connectivity index (χ4n) is 2.43. The molecule has 2 unspecified atom stereocenters. The second-order valence-electron chi connectivity index (χ2n) is 7.26. The van der Waals surface area contributed by atoms with Crippen molar-refractivity contribution in [3.63, 3.8) is 0 Å². The quantitative estimate of drug-likeness (QED) is 0.392. The molecule has 0 fully saturated rings. The lowest BCUT2D eigenvalue weighted by Gasteiger charge is -2.29. The Kier molecular flexibility index (Phi) is 8.25. The van der Waals surface area contributed by atoms with Crippen LogP contribution in [-0.2, 0) is 14.3 Å². The lowest BCUT2D eigenvalue weighted by molar-refractivity contribution is -0.890. The Morgan fingerprint density at radius 2 is 2.11 bits per heavy atom. The Balaban J connectivity index is 1.59. The predicted molar refractivity (Wildman–Crippen MR) is 103 cm³/mol. The van der Waals surface area contributed by atoms with Crippen molar-refractivity contribution < 1.29 is 33.4 Å². The maximum atomic E-state index is 12.1. The van der Waals surface area contributed by atoms with Crippen LogP contribution < -0.4 is 14.6 Å². The second kappa shape index (κ2) is 10.2. The Bertz CT molecular complexity index is 633. The van der Waals surface area contributed by atoms with Gasteiger partial charge in [0.25, 0.3) is 0 Å². The number of fused-ring (bicyclic) bond motifs is 1. The van der Waals surface area contributed by atoms with Crippen molar-refractivity contribution in [2.45, 2.75) is 19.4 Å². The molecule has 7 nitrogen and oxygen atoms in total. The molecule has 9 heteroatoms. The summed E-state index contributed by atoms with van der Waals surface area (Å²) in [5.74, 6) is 1.49. The summed E-state index contributed by atoms with van der Waals surface area (Å²) in [7, 11) is 3.81. The lowest BCUT2D eigenvalue weighted by Crippen LogP contribution is -2.45. The lowest BCUT2D eigenvalue weighted by atomic mass is 10.2. The zero-order valence-electron chi connectivity index (χ0n) is 16.0. The van der Waals surface area contributed by atoms with Crippen LogP contribution in [0, 0.1) is 5.92 Å². The number of thiophene rings is 1. The van der Waals surface area contributed by atoms with Crippen molar-refractivity contribution in [1.29, 1.82) is 0 Å². The predicted octanol–water partition coefficient (Wildman–Crippen LogP) is 1.02. The topological polar surface area (TPSA) is 84.9 Å². The fraction of sp³-hybridized carbons (Fsp3) is 0.667. The summed E-state index contributed by atoms with van der Waals surface area (Å²) in [4.78, 5) is 22.7. The number of likely N-dealkylation sites (N-methyl/N-ethyl adjacent to an activating group) is 1. The number of aliphatic carboxylic acids is 1. The SMILES string of the molecule is CC(CSCC1COc2cscc2O1)C(=O)OCC[N+](C)(C)CCC(=O)[O-]. The van der Waals surface area contributed by atoms with E-state index in [4.69, 9.17) is 14.2 Å². The summed E-state index contributed by atoms with van der Waals surface area (Å²) in [5, 5.41) is 14.4. The normalized spacial score (nSPS) is 17.4. The van der Waals surface area contributed by atoms with E-state index >= 15 is 0 Å². The molecule has 2 rings (SSSR count). The zero-order valence-corrected chi connectivity index (χ0v) is 17.6. The summed E-state index contributed by atoms with van der Waals surface area (Å²) >= 11 is 3.20. The number of hydrogen-bond acceptors (Lipinski definition) is 8. The number of ether oxygens (including phenoxy) is 3. The first-order chi connectivity index (χ1) is 12.8. The molecule has 0 radical (unpaired) electrons. The van der Waals surface area contributed by atoms with Crippen molar-refractivity contribution in [2.75, 3.05) is 51.9 Å². The molecule has 1 aromatic rings. The van der Waals surface area contributed by atoms with Crippen LogP contribution in [0.2, 0.25) is 0 Å². The van der Waals surface area contributed by atoms with Crippen LogP contribution in [0.1, 0.15) is 13.3 Å². The number of esters is 1. The largest absolute Gasteiger partial charge is 0.550 e. The smallest absolute Gasteiger partial charge is 0.309 e. The summed E-state index contributed by atoms with van der Waals surface area (Å²) in [6.45, 7) is 3.65. The molecular formula is C18H27NO6S2. The van der Waals surface area contributed by atoms with E-state index < -0.39 is 5.97 Å². The molecule has 0 spiro atoms. The molecule has 1 aliphatic heterocycles. The molecule has 1 aliphatic rings. The van der Waals surface area contributed by atoms with E-state index in [2.05, 4.69) is 0 Å². The average molecular weight is 418 g/mol. The van der Waals surface area contributed by atoms with Crippen LogP contribution in [0.25, 0.3) is 0 Å². The number of quaternary nitrogens is 1. The molecule has 0 N–H and O–H groups in total. The Morgan fingerprint density at radius 1 is 1.37 bits per heavy atom. The molecule has 2 atom stereocenters. The molecule has 27 heavy (non-hydrogen) atoms. The van der Waals surface area contributed by atoms with Crippen LogP contribution in [0.3, 0.4) is 0 Å². The van der Waals surface area contributed by atoms with Gasteiger partial charge in [-0.2, -0.15) is 11.8 Å². The monoisotopic (exact) mass is 417 g/mol. The minimum Gasteiger partial charge on any atom is -0.550 e. The molecule has 0 bridgehead atoms. The maximum Gasteiger partial charge on any atom is 0.309 e. The molecule has 1 aromatic heterocycles. The van der Waals surface area contributed by atoms with Crippen LogP contribution in [-0.4, -0.2) is 74.4 Å². The first-order valence-corrected chi connectivity index (χ1v) is 11.0. The highest BCUT2D eigenvalue weighted by Crippen LogP contribution is 2.35. The van der Waals surface area contributed by atoms with Crippen LogP contribution in [0.15, 0.2) is 10.8 Å². The van der Waals surface area contributed by atoms with E-state index in [-0.39, 0.29) is 31.0 Å². The minimum atomic E-state index is -1.06. The molecule has 2 heterocycles. The molecule has 0 saturated carbocycles. The number of carboxylic acid groups (broad SMARTS) is 1. The van der Waals surface area contributed by atoms with Gasteiger partial charge in [-0.1, -0.05) is 6.92 Å². The summed E-state index contributed by atoms with van der Waals surface area (Å²) < 4.78 is 17.3. The van der Waals surface area contributed by atoms with Gasteiger partial charge in [0.1, 0.15) is 25.9 Å². The Labute approximate surface area is 168 Å². The van der Waals surface area contributed by atoms with E-state index in [0.717, 1.165) is 17.3 Å². The van der Waals surface area contributed by atoms with Gasteiger partial charge < -0.3 is 28.6 Å². The third-order valence-corrected chi connectivity index (χ3v) is 6.29. The third-order valence-electron chi connectivity index (χ3n) is 4.25. The molecule has 0 aromatic carbocycles. The highest BCUT2D eigenvalue weighted by molar-refractivity contribution is 7.99. The standard InChI is InChI=1S/C18H27NO6S2/c1-13(18(22)23-7-6-19(2,3)5-4-17(20)21)9-26-10-14-8-24-15-11-27-12-16(15)25-14/h11-14H,4-10H2,1-3H3. The summed E-state index contributed by atoms with van der Waals surface area (Å²) in [6, 6.07) is 0. The number of carbonyl (C=O) groups excluding carboxylic acids is 2. The van der Waals surface area contributed by atoms with Crippen molar-refractivity contribution in [3.05, 3.63) is 10.8 Å². The van der Waals surface area contributed by atoms with E-state index in [1.807, 2.05) is 31.8 Å². The van der Waals surface area contributed by atoms with E-state index in [1.54, 1.807) is 23.1 Å². The van der Waals surface area contributed by atoms with Gasteiger partial charge in [-0.3, -0.25) is 4.79 Å². The fourth-order valence-corrected chi connectivity index (χ4v) is 4.15. The second-order valence-corrected chi connectivity index (χ2v) is 9.08. The van der Waals surface area contributed by atoms with Gasteiger partial charge in [0.05, 0.1) is 26.6 Å². The van der Waals surface area contributed by atoms with Gasteiger partial charge in [0.2, 0.25) is 0 Å². The van der Waals surface area contributed by atoms with Gasteiger partial charge in [-0.25, -0.2) is 0 Å². The van der Waals surface area contributed by atoms with E-state index in [9.17, 15) is 14.7 Å². The van der Waals surface area contributed by atoms with E-state index in [0.29, 0.717) is 29.9 Å². The molecule has 0 saturated heterocycles. The van der Waals surface area contributed by atoms with Crippen molar-refractivity contribution in [1.82, 2.24) is 0 Å². The zero-order chi connectivity index (χ0) is 19.9. The molecular weight excluding hydrogens is 390 g/mol.